The molecule has 0 aliphatic rings. The average Bonchev–Trinajstić information content (AvgIpc) is 2.73. The first-order valence-electron chi connectivity index (χ1n) is 9.75. The first kappa shape index (κ1) is 29.9. The second-order valence-corrected chi connectivity index (χ2v) is 7.06. The van der Waals surface area contributed by atoms with Gasteiger partial charge in [-0.2, -0.15) is 0 Å². The first-order valence-corrected chi connectivity index (χ1v) is 9.75. The van der Waals surface area contributed by atoms with E-state index in [1.54, 1.807) is 0 Å². The molecule has 2 unspecified atom stereocenters. The molecule has 4 amide bonds. The number of amides is 4. The molecule has 0 aliphatic heterocycles. The molecule has 0 aromatic rings. The molecule has 188 valence electrons. The quantitative estimate of drug-likeness (QED) is 0.0975. The molecular weight excluding hydrogens is 448 g/mol. The smallest absolute Gasteiger partial charge is 0.303 e. The van der Waals surface area contributed by atoms with Gasteiger partial charge in [-0.25, -0.2) is 0 Å². The fraction of sp³-hybridized carbons (Fsp3) is 0.667. The molecule has 0 aromatic heterocycles. The number of hydrogen-bond acceptors (Lipinski definition) is 10. The van der Waals surface area contributed by atoms with E-state index in [1.165, 1.54) is 6.92 Å². The number of nitrogens with two attached hydrogens (primary N) is 1. The van der Waals surface area contributed by atoms with Crippen LogP contribution in [-0.2, 0) is 33.5 Å². The normalized spacial score (nSPS) is 16.3. The lowest BCUT2D eigenvalue weighted by molar-refractivity contribution is -0.146. The van der Waals surface area contributed by atoms with Crippen molar-refractivity contribution in [1.29, 1.82) is 0 Å². The zero-order valence-electron chi connectivity index (χ0n) is 18.1. The van der Waals surface area contributed by atoms with E-state index in [1.807, 2.05) is 0 Å². The predicted octanol–water partition coefficient (Wildman–Crippen LogP) is -4.87. The van der Waals surface area contributed by atoms with Crippen LogP contribution >= 0.6 is 0 Å². The molecule has 0 aromatic carbocycles. The molecule has 15 nitrogen and oxygen atoms in total. The largest absolute Gasteiger partial charge is 0.481 e. The highest BCUT2D eigenvalue weighted by molar-refractivity contribution is 5.91. The Hall–Kier alpha value is -3.14. The van der Waals surface area contributed by atoms with E-state index in [0.717, 1.165) is 6.92 Å². The minimum Gasteiger partial charge on any atom is -0.481 e. The molecule has 33 heavy (non-hydrogen) atoms. The zero-order valence-corrected chi connectivity index (χ0v) is 18.1. The standard InChI is InChI=1S/C18H30N4O11/c1-8(18(32)22-10(17(19)31)3-4-14(28)29)20-13(27)7-33-16(15(30)12(26)6-24)11(5-23)21-9(2)25/h5,8,10-12,15-16,24,26,30H,3-4,6-7H2,1-2H3,(H2,19,31)(H,20,27)(H,21,25)(H,22,32)(H,28,29)/t8?,10?,11-,12+,15+,16+/m0/s1. The van der Waals surface area contributed by atoms with Crippen LogP contribution in [0.5, 0.6) is 0 Å². The average molecular weight is 478 g/mol. The molecule has 0 fully saturated rings. The number of ether oxygens (including phenoxy) is 1. The number of nitrogens with one attached hydrogen (secondary N) is 3. The first-order chi connectivity index (χ1) is 15.3. The van der Waals surface area contributed by atoms with Crippen molar-refractivity contribution in [2.45, 2.75) is 63.1 Å². The lowest BCUT2D eigenvalue weighted by atomic mass is 10.0. The van der Waals surface area contributed by atoms with E-state index in [-0.39, 0.29) is 12.7 Å². The molecule has 0 aliphatic carbocycles. The van der Waals surface area contributed by atoms with Crippen LogP contribution in [0.3, 0.4) is 0 Å². The highest BCUT2D eigenvalue weighted by Crippen LogP contribution is 2.09. The number of primary amides is 1. The number of carbonyl (C=O) groups is 6. The summed E-state index contributed by atoms with van der Waals surface area (Å²) in [4.78, 5) is 68.8. The summed E-state index contributed by atoms with van der Waals surface area (Å²) in [6.45, 7) is 0.583. The van der Waals surface area contributed by atoms with Gasteiger partial charge in [0.05, 0.1) is 6.61 Å². The monoisotopic (exact) mass is 478 g/mol. The summed E-state index contributed by atoms with van der Waals surface area (Å²) in [7, 11) is 0. The topological polar surface area (TPSA) is 255 Å². The van der Waals surface area contributed by atoms with Gasteiger partial charge in [0.25, 0.3) is 0 Å². The molecular formula is C18H30N4O11. The molecule has 6 atom stereocenters. The molecule has 0 spiro atoms. The zero-order chi connectivity index (χ0) is 25.7. The van der Waals surface area contributed by atoms with Gasteiger partial charge in [0.1, 0.15) is 49.3 Å². The second kappa shape index (κ2) is 14.8. The highest BCUT2D eigenvalue weighted by atomic mass is 16.5. The summed E-state index contributed by atoms with van der Waals surface area (Å²) in [6, 6.07) is -3.98. The van der Waals surface area contributed by atoms with Crippen molar-refractivity contribution in [3.63, 3.8) is 0 Å². The molecule has 9 N–H and O–H groups in total. The summed E-state index contributed by atoms with van der Waals surface area (Å²) >= 11 is 0. The molecule has 0 saturated carbocycles. The number of carbonyl (C=O) groups excluding carboxylic acids is 5. The Bertz CT molecular complexity index is 718. The van der Waals surface area contributed by atoms with Gasteiger partial charge in [-0.3, -0.25) is 24.0 Å². The number of carboxylic acid groups (broad SMARTS) is 1. The highest BCUT2D eigenvalue weighted by Gasteiger charge is 2.35. The summed E-state index contributed by atoms with van der Waals surface area (Å²) in [5.74, 6) is -4.61. The van der Waals surface area contributed by atoms with Crippen LogP contribution in [0.2, 0.25) is 0 Å². The van der Waals surface area contributed by atoms with Gasteiger partial charge in [-0.15, -0.1) is 0 Å². The molecule has 15 heteroatoms. The Labute approximate surface area is 188 Å². The van der Waals surface area contributed by atoms with Crippen molar-refractivity contribution in [1.82, 2.24) is 16.0 Å². The van der Waals surface area contributed by atoms with Crippen molar-refractivity contribution in [3.05, 3.63) is 0 Å². The van der Waals surface area contributed by atoms with Crippen molar-refractivity contribution in [3.8, 4) is 0 Å². The maximum atomic E-state index is 12.2. The number of rotatable bonds is 16. The third kappa shape index (κ3) is 11.3. The van der Waals surface area contributed by atoms with Gasteiger partial charge in [0, 0.05) is 13.3 Å². The van der Waals surface area contributed by atoms with Gasteiger partial charge in [0.15, 0.2) is 0 Å². The number of aldehydes is 1. The number of aliphatic hydroxyl groups is 3. The summed E-state index contributed by atoms with van der Waals surface area (Å²) in [6.07, 6.45) is -5.74. The Morgan fingerprint density at radius 3 is 2.15 bits per heavy atom. The minimum absolute atomic E-state index is 0.203. The minimum atomic E-state index is -1.86. The van der Waals surface area contributed by atoms with Gasteiger partial charge >= 0.3 is 5.97 Å². The molecule has 0 bridgehead atoms. The Kier molecular flexibility index (Phi) is 13.4. The van der Waals surface area contributed by atoms with Crippen molar-refractivity contribution < 1.29 is 53.9 Å². The van der Waals surface area contributed by atoms with E-state index >= 15 is 0 Å². The Balaban J connectivity index is 5.06. The number of aliphatic carboxylic acids is 1. The van der Waals surface area contributed by atoms with Crippen molar-refractivity contribution in [2.75, 3.05) is 13.2 Å². The van der Waals surface area contributed by atoms with E-state index in [0.29, 0.717) is 0 Å². The van der Waals surface area contributed by atoms with Gasteiger partial charge in [-0.1, -0.05) is 0 Å². The van der Waals surface area contributed by atoms with Crippen LogP contribution in [0.25, 0.3) is 0 Å². The Morgan fingerprint density at radius 2 is 1.70 bits per heavy atom. The van der Waals surface area contributed by atoms with Gasteiger partial charge in [0.2, 0.25) is 23.6 Å². The van der Waals surface area contributed by atoms with Crippen molar-refractivity contribution in [2.24, 2.45) is 5.73 Å². The number of aliphatic hydroxyl groups excluding tert-OH is 3. The fourth-order valence-corrected chi connectivity index (χ4v) is 2.54. The van der Waals surface area contributed by atoms with Crippen LogP contribution in [-0.4, -0.2) is 106 Å². The molecule has 0 radical (unpaired) electrons. The van der Waals surface area contributed by atoms with Crippen molar-refractivity contribution >= 4 is 35.9 Å². The van der Waals surface area contributed by atoms with E-state index in [9.17, 15) is 39.0 Å². The number of carboxylic acids is 1. The van der Waals surface area contributed by atoms with E-state index in [2.05, 4.69) is 16.0 Å². The van der Waals surface area contributed by atoms with Crippen LogP contribution < -0.4 is 21.7 Å². The lowest BCUT2D eigenvalue weighted by Gasteiger charge is -2.30. The molecule has 0 saturated heterocycles. The third-order valence-electron chi connectivity index (χ3n) is 4.27. The van der Waals surface area contributed by atoms with E-state index < -0.39 is 85.7 Å². The summed E-state index contributed by atoms with van der Waals surface area (Å²) in [5, 5.41) is 44.0. The fourth-order valence-electron chi connectivity index (χ4n) is 2.54. The summed E-state index contributed by atoms with van der Waals surface area (Å²) < 4.78 is 5.16. The molecule has 0 heterocycles. The van der Waals surface area contributed by atoms with Gasteiger partial charge < -0.3 is 51.6 Å². The predicted molar refractivity (Wildman–Crippen MR) is 108 cm³/mol. The SMILES string of the molecule is CC(=O)N[C@@H](C=O)[C@@H](OCC(=O)NC(C)C(=O)NC(CCC(=O)O)C(N)=O)[C@H](O)[C@H](O)CO. The number of hydrogen-bond donors (Lipinski definition) is 8. The van der Waals surface area contributed by atoms with E-state index in [4.69, 9.17) is 20.7 Å². The van der Waals surface area contributed by atoms with Crippen LogP contribution in [0.4, 0.5) is 0 Å². The van der Waals surface area contributed by atoms with Crippen LogP contribution in [0.15, 0.2) is 0 Å². The summed E-state index contributed by atoms with van der Waals surface area (Å²) in [5.41, 5.74) is 5.12. The Morgan fingerprint density at radius 1 is 1.09 bits per heavy atom. The maximum Gasteiger partial charge on any atom is 0.303 e. The third-order valence-corrected chi connectivity index (χ3v) is 4.27. The maximum absolute atomic E-state index is 12.2. The second-order valence-electron chi connectivity index (χ2n) is 7.06. The lowest BCUT2D eigenvalue weighted by Crippen LogP contribution is -2.56. The van der Waals surface area contributed by atoms with Crippen LogP contribution in [0, 0.1) is 0 Å². The molecule has 0 rings (SSSR count). The van der Waals surface area contributed by atoms with Crippen LogP contribution in [0.1, 0.15) is 26.7 Å². The van der Waals surface area contributed by atoms with Gasteiger partial charge in [-0.05, 0) is 13.3 Å².